The summed E-state index contributed by atoms with van der Waals surface area (Å²) in [6, 6.07) is 1.14. The molecule has 0 fully saturated rings. The van der Waals surface area contributed by atoms with Crippen LogP contribution in [0.2, 0.25) is 0 Å². The van der Waals surface area contributed by atoms with Gasteiger partial charge in [-0.05, 0) is 6.07 Å². The lowest BCUT2D eigenvalue weighted by molar-refractivity contribution is 0.149. The Kier molecular flexibility index (Phi) is 3.19. The second kappa shape index (κ2) is 4.19. The fourth-order valence-corrected chi connectivity index (χ4v) is 1.08. The molecule has 0 spiro atoms. The van der Waals surface area contributed by atoms with E-state index in [2.05, 4.69) is 4.98 Å². The molecular formula is C8H11F2N3O. The van der Waals surface area contributed by atoms with Crippen molar-refractivity contribution >= 4 is 5.69 Å². The number of hydrogen-bond acceptors (Lipinski definition) is 4. The van der Waals surface area contributed by atoms with Gasteiger partial charge < -0.3 is 16.2 Å². The van der Waals surface area contributed by atoms with Gasteiger partial charge in [0.2, 0.25) is 5.88 Å². The molecule has 0 saturated heterocycles. The van der Waals surface area contributed by atoms with Crippen molar-refractivity contribution in [3.63, 3.8) is 0 Å². The summed E-state index contributed by atoms with van der Waals surface area (Å²) >= 11 is 0. The molecule has 1 aromatic heterocycles. The molecule has 0 aliphatic carbocycles. The summed E-state index contributed by atoms with van der Waals surface area (Å²) in [5.74, 6) is 0.120. The van der Waals surface area contributed by atoms with Crippen LogP contribution in [0, 0.1) is 0 Å². The maximum Gasteiger partial charge on any atom is 0.265 e. The van der Waals surface area contributed by atoms with Crippen LogP contribution in [0.25, 0.3) is 0 Å². The number of nitrogen functional groups attached to an aromatic ring is 1. The van der Waals surface area contributed by atoms with Crippen LogP contribution in [0.4, 0.5) is 14.5 Å². The van der Waals surface area contributed by atoms with Crippen LogP contribution >= 0.6 is 0 Å². The summed E-state index contributed by atoms with van der Waals surface area (Å²) < 4.78 is 29.7. The zero-order valence-electron chi connectivity index (χ0n) is 7.63. The minimum atomic E-state index is -2.63. The molecule has 0 bridgehead atoms. The number of methoxy groups -OCH3 is 1. The second-order valence-corrected chi connectivity index (χ2v) is 2.63. The lowest BCUT2D eigenvalue weighted by atomic mass is 10.2. The van der Waals surface area contributed by atoms with E-state index in [-0.39, 0.29) is 29.4 Å². The lowest BCUT2D eigenvalue weighted by Crippen LogP contribution is -2.08. The Morgan fingerprint density at radius 3 is 2.64 bits per heavy atom. The Labute approximate surface area is 79.9 Å². The summed E-state index contributed by atoms with van der Waals surface area (Å²) in [5.41, 5.74) is 10.6. The van der Waals surface area contributed by atoms with Crippen LogP contribution < -0.4 is 16.2 Å². The van der Waals surface area contributed by atoms with Crippen molar-refractivity contribution < 1.29 is 13.5 Å². The molecule has 1 aromatic rings. The summed E-state index contributed by atoms with van der Waals surface area (Å²) in [6.45, 7) is -0.0731. The van der Waals surface area contributed by atoms with Gasteiger partial charge in [-0.25, -0.2) is 13.8 Å². The fourth-order valence-electron chi connectivity index (χ4n) is 1.08. The first-order valence-electron chi connectivity index (χ1n) is 3.91. The quantitative estimate of drug-likeness (QED) is 0.770. The van der Waals surface area contributed by atoms with E-state index in [0.29, 0.717) is 0 Å². The number of halogens is 2. The molecule has 1 heterocycles. The molecule has 0 aliphatic rings. The molecule has 0 radical (unpaired) electrons. The van der Waals surface area contributed by atoms with Crippen LogP contribution in [0.15, 0.2) is 6.07 Å². The van der Waals surface area contributed by atoms with Gasteiger partial charge >= 0.3 is 0 Å². The Morgan fingerprint density at radius 1 is 1.57 bits per heavy atom. The molecule has 4 nitrogen and oxygen atoms in total. The summed E-state index contributed by atoms with van der Waals surface area (Å²) in [7, 11) is 1.36. The smallest absolute Gasteiger partial charge is 0.265 e. The van der Waals surface area contributed by atoms with E-state index in [0.717, 1.165) is 6.07 Å². The predicted molar refractivity (Wildman–Crippen MR) is 48.0 cm³/mol. The maximum absolute atomic E-state index is 12.4. The van der Waals surface area contributed by atoms with Gasteiger partial charge in [-0.15, -0.1) is 0 Å². The van der Waals surface area contributed by atoms with E-state index >= 15 is 0 Å². The molecule has 1 rings (SSSR count). The Morgan fingerprint density at radius 2 is 2.21 bits per heavy atom. The van der Waals surface area contributed by atoms with E-state index in [1.54, 1.807) is 0 Å². The van der Waals surface area contributed by atoms with Gasteiger partial charge in [-0.1, -0.05) is 0 Å². The number of aromatic nitrogens is 1. The normalized spacial score (nSPS) is 10.6. The van der Waals surface area contributed by atoms with Gasteiger partial charge in [-0.3, -0.25) is 0 Å². The average molecular weight is 203 g/mol. The number of pyridine rings is 1. The molecule has 0 saturated carbocycles. The number of hydrogen-bond donors (Lipinski definition) is 2. The molecule has 0 atom stereocenters. The molecule has 4 N–H and O–H groups in total. The number of rotatable bonds is 3. The van der Waals surface area contributed by atoms with Crippen molar-refractivity contribution in [2.45, 2.75) is 13.0 Å². The van der Waals surface area contributed by atoms with Crippen LogP contribution in [0.5, 0.6) is 5.88 Å². The minimum absolute atomic E-state index is 0.0731. The number of anilines is 1. The van der Waals surface area contributed by atoms with Gasteiger partial charge in [0.1, 0.15) is 0 Å². The minimum Gasteiger partial charge on any atom is -0.480 e. The lowest BCUT2D eigenvalue weighted by Gasteiger charge is -2.10. The van der Waals surface area contributed by atoms with E-state index in [9.17, 15) is 8.78 Å². The van der Waals surface area contributed by atoms with E-state index < -0.39 is 6.43 Å². The van der Waals surface area contributed by atoms with Crippen molar-refractivity contribution in [1.82, 2.24) is 4.98 Å². The highest BCUT2D eigenvalue weighted by Crippen LogP contribution is 2.28. The Bertz CT molecular complexity index is 331. The monoisotopic (exact) mass is 203 g/mol. The van der Waals surface area contributed by atoms with Gasteiger partial charge in [0, 0.05) is 12.1 Å². The highest BCUT2D eigenvalue weighted by Gasteiger charge is 2.16. The van der Waals surface area contributed by atoms with E-state index in [4.69, 9.17) is 16.2 Å². The first-order chi connectivity index (χ1) is 6.60. The summed E-state index contributed by atoms with van der Waals surface area (Å²) in [6.07, 6.45) is -2.63. The zero-order valence-corrected chi connectivity index (χ0v) is 7.63. The SMILES string of the molecule is COc1nc(CN)c(C(F)F)cc1N. The highest BCUT2D eigenvalue weighted by molar-refractivity contribution is 5.51. The van der Waals surface area contributed by atoms with Gasteiger partial charge in [-0.2, -0.15) is 0 Å². The third-order valence-corrected chi connectivity index (χ3v) is 1.75. The maximum atomic E-state index is 12.4. The van der Waals surface area contributed by atoms with Crippen LogP contribution in [-0.4, -0.2) is 12.1 Å². The third kappa shape index (κ3) is 1.90. The van der Waals surface area contributed by atoms with E-state index in [1.807, 2.05) is 0 Å². The summed E-state index contributed by atoms with van der Waals surface area (Å²) in [5, 5.41) is 0. The van der Waals surface area contributed by atoms with Crippen molar-refractivity contribution in [1.29, 1.82) is 0 Å². The topological polar surface area (TPSA) is 74.2 Å². The molecule has 6 heteroatoms. The van der Waals surface area contributed by atoms with Crippen LogP contribution in [-0.2, 0) is 6.54 Å². The first-order valence-corrected chi connectivity index (χ1v) is 3.91. The zero-order chi connectivity index (χ0) is 10.7. The van der Waals surface area contributed by atoms with Crippen LogP contribution in [0.1, 0.15) is 17.7 Å². The number of ether oxygens (including phenoxy) is 1. The second-order valence-electron chi connectivity index (χ2n) is 2.63. The fraction of sp³-hybridized carbons (Fsp3) is 0.375. The molecule has 78 valence electrons. The van der Waals surface area contributed by atoms with Crippen molar-refractivity contribution in [3.05, 3.63) is 17.3 Å². The first kappa shape index (κ1) is 10.6. The third-order valence-electron chi connectivity index (χ3n) is 1.75. The molecule has 0 amide bonds. The van der Waals surface area contributed by atoms with Gasteiger partial charge in [0.05, 0.1) is 18.5 Å². The predicted octanol–water partition coefficient (Wildman–Crippen LogP) is 1.07. The largest absolute Gasteiger partial charge is 0.480 e. The van der Waals surface area contributed by atoms with Crippen molar-refractivity contribution in [2.75, 3.05) is 12.8 Å². The van der Waals surface area contributed by atoms with Crippen LogP contribution in [0.3, 0.4) is 0 Å². The standard InChI is InChI=1S/C8H11F2N3O/c1-14-8-5(12)2-4(7(9)10)6(3-11)13-8/h2,7H,3,11-12H2,1H3. The van der Waals surface area contributed by atoms with Gasteiger partial charge in [0.25, 0.3) is 6.43 Å². The molecular weight excluding hydrogens is 192 g/mol. The number of nitrogens with two attached hydrogens (primary N) is 2. The molecule has 0 unspecified atom stereocenters. The molecule has 0 aromatic carbocycles. The molecule has 14 heavy (non-hydrogen) atoms. The average Bonchev–Trinajstić information content (AvgIpc) is 2.17. The van der Waals surface area contributed by atoms with Crippen molar-refractivity contribution in [3.8, 4) is 5.88 Å². The Balaban J connectivity index is 3.24. The number of nitrogens with zero attached hydrogens (tertiary/aromatic N) is 1. The summed E-state index contributed by atoms with van der Waals surface area (Å²) in [4.78, 5) is 3.78. The van der Waals surface area contributed by atoms with Crippen molar-refractivity contribution in [2.24, 2.45) is 5.73 Å². The Hall–Kier alpha value is -1.43. The number of alkyl halides is 2. The van der Waals surface area contributed by atoms with E-state index in [1.165, 1.54) is 7.11 Å². The molecule has 0 aliphatic heterocycles. The van der Waals surface area contributed by atoms with Gasteiger partial charge in [0.15, 0.2) is 0 Å². The highest BCUT2D eigenvalue weighted by atomic mass is 19.3.